The van der Waals surface area contributed by atoms with E-state index in [1.165, 1.54) is 29.7 Å². The van der Waals surface area contributed by atoms with E-state index in [-0.39, 0.29) is 51.1 Å². The van der Waals surface area contributed by atoms with Gasteiger partial charge in [0.1, 0.15) is 22.9 Å². The van der Waals surface area contributed by atoms with Gasteiger partial charge in [0, 0.05) is 62.3 Å². The third kappa shape index (κ3) is 8.79. The van der Waals surface area contributed by atoms with Crippen LogP contribution in [-0.4, -0.2) is 71.7 Å². The maximum absolute atomic E-state index is 15.5. The van der Waals surface area contributed by atoms with E-state index in [0.29, 0.717) is 84.9 Å². The molecule has 11 nitrogen and oxygen atoms in total. The Bertz CT molecular complexity index is 3290. The van der Waals surface area contributed by atoms with E-state index >= 15 is 17.6 Å². The van der Waals surface area contributed by atoms with Crippen LogP contribution >= 0.6 is 31.9 Å². The normalized spacial score (nSPS) is 20.8. The zero-order valence-electron chi connectivity index (χ0n) is 41.4. The van der Waals surface area contributed by atoms with E-state index in [2.05, 4.69) is 46.8 Å². The predicted molar refractivity (Wildman–Crippen MR) is 274 cm³/mol. The molecular formula is C56H54Br2F4N6O5. The molecule has 0 bridgehead atoms. The largest absolute Gasteiger partial charge is 0.444 e. The molecule has 380 valence electrons. The fourth-order valence-electron chi connectivity index (χ4n) is 11.2. The molecule has 6 aliphatic rings. The Hall–Kier alpha value is -5.81. The number of benzene rings is 4. The van der Waals surface area contributed by atoms with Gasteiger partial charge in [0.15, 0.2) is 0 Å². The first kappa shape index (κ1) is 49.4. The summed E-state index contributed by atoms with van der Waals surface area (Å²) in [5, 5.41) is 0. The van der Waals surface area contributed by atoms with Gasteiger partial charge in [0.25, 0.3) is 11.8 Å². The van der Waals surface area contributed by atoms with Gasteiger partial charge in [0.2, 0.25) is 5.91 Å². The lowest BCUT2D eigenvalue weighted by Gasteiger charge is -2.28. The van der Waals surface area contributed by atoms with Crippen LogP contribution in [0.4, 0.5) is 27.2 Å². The predicted octanol–water partition coefficient (Wildman–Crippen LogP) is 15.0. The van der Waals surface area contributed by atoms with Crippen LogP contribution in [0, 0.1) is 10.8 Å². The van der Waals surface area contributed by atoms with Crippen LogP contribution in [-0.2, 0) is 21.3 Å². The van der Waals surface area contributed by atoms with Crippen LogP contribution in [0.1, 0.15) is 138 Å². The van der Waals surface area contributed by atoms with Crippen molar-refractivity contribution in [2.24, 2.45) is 10.8 Å². The molecule has 4 heterocycles. The van der Waals surface area contributed by atoms with E-state index in [9.17, 15) is 14.4 Å². The third-order valence-corrected chi connectivity index (χ3v) is 16.0. The van der Waals surface area contributed by atoms with Gasteiger partial charge >= 0.3 is 12.2 Å². The summed E-state index contributed by atoms with van der Waals surface area (Å²) in [6.45, 7) is 13.6. The van der Waals surface area contributed by atoms with E-state index in [0.717, 1.165) is 32.1 Å². The van der Waals surface area contributed by atoms with Crippen molar-refractivity contribution in [2.75, 3.05) is 13.1 Å². The highest BCUT2D eigenvalue weighted by molar-refractivity contribution is 9.10. The van der Waals surface area contributed by atoms with Crippen molar-refractivity contribution in [2.45, 2.75) is 122 Å². The highest BCUT2D eigenvalue weighted by atomic mass is 79.9. The highest BCUT2D eigenvalue weighted by Crippen LogP contribution is 2.60. The number of nitrogens with one attached hydrogen (secondary N) is 1. The van der Waals surface area contributed by atoms with Crippen molar-refractivity contribution in [3.05, 3.63) is 128 Å². The average molecular weight is 1130 g/mol. The second-order valence-corrected chi connectivity index (χ2v) is 24.6. The number of carbonyl (C=O) groups is 3. The summed E-state index contributed by atoms with van der Waals surface area (Å²) in [5.41, 5.74) is 3.01. The molecule has 2 spiro atoms. The first-order valence-electron chi connectivity index (χ1n) is 24.5. The first-order valence-corrected chi connectivity index (χ1v) is 26.1. The Labute approximate surface area is 437 Å². The van der Waals surface area contributed by atoms with Crippen LogP contribution in [0.5, 0.6) is 0 Å². The number of carbonyl (C=O) groups excluding carboxylic acids is 3. The molecule has 1 N–H and O–H groups in total. The van der Waals surface area contributed by atoms with E-state index < -0.39 is 35.2 Å². The molecule has 17 heteroatoms. The molecule has 73 heavy (non-hydrogen) atoms. The average Bonchev–Trinajstić information content (AvgIpc) is 3.78. The summed E-state index contributed by atoms with van der Waals surface area (Å²) in [4.78, 5) is 55.0. The molecule has 4 fully saturated rings. The minimum absolute atomic E-state index is 0.00701. The van der Waals surface area contributed by atoms with Crippen molar-refractivity contribution >= 4 is 50.0 Å². The molecule has 6 aromatic rings. The van der Waals surface area contributed by atoms with Crippen LogP contribution in [0.15, 0.2) is 94.1 Å². The number of rotatable bonds is 4. The van der Waals surface area contributed by atoms with Gasteiger partial charge in [-0.3, -0.25) is 19.2 Å². The Morgan fingerprint density at radius 3 is 1.53 bits per heavy atom. The molecule has 2 amide bonds. The van der Waals surface area contributed by atoms with Gasteiger partial charge in [-0.1, -0.05) is 68.3 Å². The molecule has 12 rings (SSSR count). The molecule has 4 aliphatic carbocycles. The lowest BCUT2D eigenvalue weighted by Crippen LogP contribution is -2.38. The molecule has 0 unspecified atom stereocenters. The van der Waals surface area contributed by atoms with Crippen LogP contribution in [0.3, 0.4) is 0 Å². The first-order chi connectivity index (χ1) is 34.3. The van der Waals surface area contributed by atoms with E-state index in [1.807, 2.05) is 47.6 Å². The minimum Gasteiger partial charge on any atom is -0.444 e. The van der Waals surface area contributed by atoms with Crippen LogP contribution < -0.4 is 0 Å². The minimum atomic E-state index is -3.17. The SMILES string of the molecule is CC(=O)n1c(-c2ccc3c(c2)C(F)(F)c2cc(Br)ccc2-3)cnc1[C@@H]1CC2(CC2)CN1C(=O)OC(C)(C)C.CC(C)(C)OC(=O)N1CC2(CC2)C[C@H]1c1ncc(-c2ccc3c(c2)C(F)(F)c2cc(Br)ccc2-3)[nH]1. The number of aromatic amines is 1. The Morgan fingerprint density at radius 1 is 0.616 bits per heavy atom. The van der Waals surface area contributed by atoms with E-state index in [4.69, 9.17) is 9.47 Å². The summed E-state index contributed by atoms with van der Waals surface area (Å²) in [6, 6.07) is 19.2. The molecule has 2 saturated heterocycles. The number of imidazole rings is 2. The number of ether oxygens (including phenoxy) is 2. The Balaban J connectivity index is 0.000000158. The number of hydrogen-bond donors (Lipinski definition) is 1. The maximum atomic E-state index is 15.5. The van der Waals surface area contributed by atoms with Crippen molar-refractivity contribution in [3.8, 4) is 44.8 Å². The van der Waals surface area contributed by atoms with Crippen LogP contribution in [0.25, 0.3) is 44.8 Å². The fourth-order valence-corrected chi connectivity index (χ4v) is 11.9. The molecule has 4 aromatic carbocycles. The molecular weight excluding hydrogens is 1070 g/mol. The van der Waals surface area contributed by atoms with Crippen molar-refractivity contribution in [1.82, 2.24) is 29.3 Å². The highest BCUT2D eigenvalue weighted by Gasteiger charge is 2.57. The second kappa shape index (κ2) is 16.9. The van der Waals surface area contributed by atoms with Gasteiger partial charge < -0.3 is 14.5 Å². The number of fused-ring (bicyclic) bond motifs is 6. The molecule has 2 atom stereocenters. The van der Waals surface area contributed by atoms with Crippen LogP contribution in [0.2, 0.25) is 0 Å². The smallest absolute Gasteiger partial charge is 0.410 e. The molecule has 0 radical (unpaired) electrons. The third-order valence-electron chi connectivity index (χ3n) is 15.0. The quantitative estimate of drug-likeness (QED) is 0.174. The molecule has 2 aromatic heterocycles. The number of halogens is 6. The van der Waals surface area contributed by atoms with Gasteiger partial charge in [-0.05, 0) is 150 Å². The van der Waals surface area contributed by atoms with Crippen molar-refractivity contribution < 1.29 is 41.4 Å². The monoisotopic (exact) mass is 1120 g/mol. The number of H-pyrrole nitrogens is 1. The van der Waals surface area contributed by atoms with Gasteiger partial charge in [-0.25, -0.2) is 19.6 Å². The number of amides is 2. The number of aromatic nitrogens is 4. The molecule has 2 aliphatic heterocycles. The van der Waals surface area contributed by atoms with E-state index in [1.54, 1.807) is 70.7 Å². The summed E-state index contributed by atoms with van der Waals surface area (Å²) in [5.74, 6) is -5.46. The van der Waals surface area contributed by atoms with Crippen molar-refractivity contribution in [3.63, 3.8) is 0 Å². The zero-order valence-corrected chi connectivity index (χ0v) is 44.6. The maximum Gasteiger partial charge on any atom is 0.410 e. The number of nitrogens with zero attached hydrogens (tertiary/aromatic N) is 5. The van der Waals surface area contributed by atoms with Crippen molar-refractivity contribution in [1.29, 1.82) is 0 Å². The topological polar surface area (TPSA) is 123 Å². The standard InChI is InChI=1S/C29H28BrF2N3O3.C27H26BrF2N3O2/c1-16(36)35-24(17-5-7-19-20-8-6-18(30)12-22(20)29(31,32)21(19)11-17)14-33-25(35)23-13-28(9-10-28)15-34(23)26(37)38-27(2,3)4;1-25(2,3)35-24(34)33-14-26(8-9-26)12-22(33)23-31-13-21(32-23)15-4-6-17-18-7-5-16(28)11-20(18)27(29,30)19(17)10-15/h5-8,11-12,14,23H,9-10,13,15H2,1-4H3;4-7,10-11,13,22H,8-9,12,14H2,1-3H3,(H,31,32)/t23-;22-/m00/s1. The molecule has 2 saturated carbocycles. The van der Waals surface area contributed by atoms with Gasteiger partial charge in [0.05, 0.1) is 35.9 Å². The fraction of sp³-hybridized carbons (Fsp3) is 0.411. The number of alkyl halides is 4. The number of likely N-dealkylation sites (tertiary alicyclic amines) is 2. The lowest BCUT2D eigenvalue weighted by molar-refractivity contribution is 0.0200. The summed E-state index contributed by atoms with van der Waals surface area (Å²) in [6.07, 6.45) is 8.13. The van der Waals surface area contributed by atoms with Gasteiger partial charge in [-0.15, -0.1) is 0 Å². The summed E-state index contributed by atoms with van der Waals surface area (Å²) >= 11 is 6.60. The lowest BCUT2D eigenvalue weighted by atomic mass is 10.0. The summed E-state index contributed by atoms with van der Waals surface area (Å²) in [7, 11) is 0. The summed E-state index contributed by atoms with van der Waals surface area (Å²) < 4.78 is 75.7. The zero-order chi connectivity index (χ0) is 51.9. The Kier molecular flexibility index (Phi) is 11.4. The Morgan fingerprint density at radius 2 is 1.05 bits per heavy atom. The second-order valence-electron chi connectivity index (χ2n) is 22.7. The number of hydrogen-bond acceptors (Lipinski definition) is 7. The van der Waals surface area contributed by atoms with Gasteiger partial charge in [-0.2, -0.15) is 17.6 Å².